The first-order chi connectivity index (χ1) is 19.4. The molecule has 1 atom stereocenters. The number of hydrogen-bond acceptors (Lipinski definition) is 9. The van der Waals surface area contributed by atoms with E-state index in [1.165, 1.54) is 10.7 Å². The number of carbonyl (C=O) groups excluding carboxylic acids is 1. The first kappa shape index (κ1) is 27.5. The van der Waals surface area contributed by atoms with Gasteiger partial charge in [0.05, 0.1) is 16.6 Å². The van der Waals surface area contributed by atoms with E-state index in [-0.39, 0.29) is 60.4 Å². The number of benzene rings is 2. The maximum absolute atomic E-state index is 12.8. The number of ether oxygens (including phenoxy) is 3. The summed E-state index contributed by atoms with van der Waals surface area (Å²) < 4.78 is 23.8. The molecule has 2 aromatic carbocycles. The second kappa shape index (κ2) is 12.4. The summed E-state index contributed by atoms with van der Waals surface area (Å²) in [6.45, 7) is 2.66. The van der Waals surface area contributed by atoms with Crippen molar-refractivity contribution < 1.29 is 33.3 Å². The highest BCUT2D eigenvalue weighted by molar-refractivity contribution is 6.34. The number of anilines is 1. The lowest BCUT2D eigenvalue weighted by Gasteiger charge is -2.23. The summed E-state index contributed by atoms with van der Waals surface area (Å²) in [5.41, 5.74) is 1.33. The molecule has 12 nitrogen and oxygen atoms in total. The van der Waals surface area contributed by atoms with E-state index in [1.807, 2.05) is 30.3 Å². The molecule has 1 amide bonds. The summed E-state index contributed by atoms with van der Waals surface area (Å²) in [6, 6.07) is 10.6. The normalized spacial score (nSPS) is 16.6. The summed E-state index contributed by atoms with van der Waals surface area (Å²) in [7, 11) is 0. The smallest absolute Gasteiger partial charge is 0.437 e. The highest BCUT2D eigenvalue weighted by atomic mass is 35.5. The number of carbonyl (C=O) groups is 2. The second-order valence-electron chi connectivity index (χ2n) is 9.53. The third-order valence-corrected chi connectivity index (χ3v) is 7.01. The van der Waals surface area contributed by atoms with Gasteiger partial charge in [-0.1, -0.05) is 41.9 Å². The molecule has 1 fully saturated rings. The molecule has 40 heavy (non-hydrogen) atoms. The Balaban J connectivity index is 1.31. The average Bonchev–Trinajstić information content (AvgIpc) is 3.58. The van der Waals surface area contributed by atoms with Gasteiger partial charge >= 0.3 is 17.8 Å². The van der Waals surface area contributed by atoms with Crippen LogP contribution >= 0.6 is 11.6 Å². The standard InChI is InChI=1S/C27H29ClN4O8/c28-20-14-19(25-30-32(27(36)40-25)18-9-11-31(15-18)10-5-4-8-21(33)34)23-24(38-13-12-37-23)22(20)29-26(35)39-16-17-6-2-1-3-7-17/h1-3,6-7,14,18H,4-5,8-13,15-16H2,(H,29,35)(H,33,34)/t18-/m0/s1. The molecule has 13 heteroatoms. The Hall–Kier alpha value is -4.03. The number of aromatic nitrogens is 2. The minimum Gasteiger partial charge on any atom is -0.485 e. The molecule has 0 unspecified atom stereocenters. The predicted molar refractivity (Wildman–Crippen MR) is 144 cm³/mol. The highest BCUT2D eigenvalue weighted by Gasteiger charge is 2.31. The van der Waals surface area contributed by atoms with E-state index in [2.05, 4.69) is 15.3 Å². The van der Waals surface area contributed by atoms with E-state index in [9.17, 15) is 14.4 Å². The maximum Gasteiger partial charge on any atom is 0.437 e. The first-order valence-corrected chi connectivity index (χ1v) is 13.4. The molecule has 0 bridgehead atoms. The molecular weight excluding hydrogens is 544 g/mol. The number of nitrogens with zero attached hydrogens (tertiary/aromatic N) is 3. The van der Waals surface area contributed by atoms with Gasteiger partial charge in [-0.2, -0.15) is 4.68 Å². The number of hydrogen-bond donors (Lipinski definition) is 2. The van der Waals surface area contributed by atoms with Crippen LogP contribution in [0.1, 0.15) is 37.3 Å². The van der Waals surface area contributed by atoms with Gasteiger partial charge < -0.3 is 28.6 Å². The number of amides is 1. The lowest BCUT2D eigenvalue weighted by Crippen LogP contribution is -2.27. The van der Waals surface area contributed by atoms with Gasteiger partial charge in [-0.3, -0.25) is 10.1 Å². The fourth-order valence-electron chi connectivity index (χ4n) is 4.77. The van der Waals surface area contributed by atoms with Crippen LogP contribution in [0.15, 0.2) is 45.6 Å². The largest absolute Gasteiger partial charge is 0.485 e. The van der Waals surface area contributed by atoms with E-state index in [0.717, 1.165) is 25.1 Å². The number of nitrogens with one attached hydrogen (secondary N) is 1. The van der Waals surface area contributed by atoms with Crippen molar-refractivity contribution in [3.8, 4) is 23.0 Å². The molecule has 3 aromatic rings. The molecule has 5 rings (SSSR count). The van der Waals surface area contributed by atoms with Crippen molar-refractivity contribution in [2.45, 2.75) is 38.3 Å². The van der Waals surface area contributed by atoms with Crippen LogP contribution in [0.2, 0.25) is 5.02 Å². The zero-order valence-electron chi connectivity index (χ0n) is 21.6. The van der Waals surface area contributed by atoms with Crippen LogP contribution in [0.3, 0.4) is 0 Å². The van der Waals surface area contributed by atoms with E-state index in [0.29, 0.717) is 24.9 Å². The van der Waals surface area contributed by atoms with Gasteiger partial charge in [-0.25, -0.2) is 9.59 Å². The first-order valence-electron chi connectivity index (χ1n) is 13.0. The lowest BCUT2D eigenvalue weighted by molar-refractivity contribution is -0.137. The highest BCUT2D eigenvalue weighted by Crippen LogP contribution is 2.48. The Kier molecular flexibility index (Phi) is 8.56. The van der Waals surface area contributed by atoms with E-state index in [4.69, 9.17) is 35.3 Å². The lowest BCUT2D eigenvalue weighted by atomic mass is 10.1. The molecular formula is C27H29ClN4O8. The maximum atomic E-state index is 12.8. The molecule has 0 spiro atoms. The van der Waals surface area contributed by atoms with Crippen molar-refractivity contribution >= 4 is 29.4 Å². The van der Waals surface area contributed by atoms with Crippen LogP contribution < -0.4 is 20.5 Å². The van der Waals surface area contributed by atoms with Crippen molar-refractivity contribution in [3.05, 3.63) is 57.5 Å². The molecule has 2 N–H and O–H groups in total. The third-order valence-electron chi connectivity index (χ3n) is 6.71. The van der Waals surface area contributed by atoms with Crippen LogP contribution in [0, 0.1) is 0 Å². The molecule has 0 aliphatic carbocycles. The van der Waals surface area contributed by atoms with Crippen molar-refractivity contribution in [1.82, 2.24) is 14.7 Å². The minimum atomic E-state index is -0.801. The molecule has 0 saturated carbocycles. The number of aliphatic carboxylic acids is 1. The van der Waals surface area contributed by atoms with Gasteiger partial charge in [0, 0.05) is 19.5 Å². The van der Waals surface area contributed by atoms with Crippen LogP contribution in [0.4, 0.5) is 10.5 Å². The Morgan fingerprint density at radius 3 is 2.70 bits per heavy atom. The molecule has 212 valence electrons. The Labute approximate surface area is 234 Å². The number of fused-ring (bicyclic) bond motifs is 1. The monoisotopic (exact) mass is 572 g/mol. The average molecular weight is 573 g/mol. The van der Waals surface area contributed by atoms with Gasteiger partial charge in [-0.15, -0.1) is 5.10 Å². The number of carboxylic acid groups (broad SMARTS) is 1. The van der Waals surface area contributed by atoms with Gasteiger partial charge in [-0.05, 0) is 37.4 Å². The Morgan fingerprint density at radius 1 is 1.15 bits per heavy atom. The number of rotatable bonds is 10. The fourth-order valence-corrected chi connectivity index (χ4v) is 5.01. The Bertz CT molecular complexity index is 1420. The predicted octanol–water partition coefficient (Wildman–Crippen LogP) is 4.18. The zero-order chi connectivity index (χ0) is 28.1. The van der Waals surface area contributed by atoms with Gasteiger partial charge in [0.1, 0.15) is 25.5 Å². The summed E-state index contributed by atoms with van der Waals surface area (Å²) in [5, 5.41) is 16.0. The summed E-state index contributed by atoms with van der Waals surface area (Å²) in [4.78, 5) is 38.2. The summed E-state index contributed by atoms with van der Waals surface area (Å²) >= 11 is 6.55. The number of halogens is 1. The van der Waals surface area contributed by atoms with Gasteiger partial charge in [0.25, 0.3) is 5.89 Å². The number of carboxylic acids is 1. The van der Waals surface area contributed by atoms with Crippen LogP contribution in [-0.4, -0.2) is 64.7 Å². The number of unbranched alkanes of at least 4 members (excludes halogenated alkanes) is 1. The van der Waals surface area contributed by atoms with E-state index >= 15 is 0 Å². The zero-order valence-corrected chi connectivity index (χ0v) is 22.4. The topological polar surface area (TPSA) is 145 Å². The van der Waals surface area contributed by atoms with Crippen LogP contribution in [0.25, 0.3) is 11.5 Å². The van der Waals surface area contributed by atoms with Crippen molar-refractivity contribution in [3.63, 3.8) is 0 Å². The van der Waals surface area contributed by atoms with Gasteiger partial charge in [0.2, 0.25) is 0 Å². The van der Waals surface area contributed by atoms with Crippen LogP contribution in [0.5, 0.6) is 11.5 Å². The quantitative estimate of drug-likeness (QED) is 0.339. The molecule has 3 heterocycles. The van der Waals surface area contributed by atoms with Crippen molar-refractivity contribution in [2.75, 3.05) is 38.2 Å². The fraction of sp³-hybridized carbons (Fsp3) is 0.407. The summed E-state index contributed by atoms with van der Waals surface area (Å²) in [6.07, 6.45) is 1.50. The molecule has 2 aliphatic rings. The van der Waals surface area contributed by atoms with Crippen molar-refractivity contribution in [2.24, 2.45) is 0 Å². The second-order valence-corrected chi connectivity index (χ2v) is 9.94. The molecule has 0 radical (unpaired) electrons. The third kappa shape index (κ3) is 6.40. The SMILES string of the molecule is O=C(O)CCCCN1CC[C@H](n2nc(-c3cc(Cl)c(NC(=O)OCc4ccccc4)c4c3OCCO4)oc2=O)C1. The van der Waals surface area contributed by atoms with Gasteiger partial charge in [0.15, 0.2) is 11.5 Å². The molecule has 1 saturated heterocycles. The summed E-state index contributed by atoms with van der Waals surface area (Å²) in [5.74, 6) is -0.956. The van der Waals surface area contributed by atoms with Crippen LogP contribution in [-0.2, 0) is 16.1 Å². The molecule has 1 aromatic heterocycles. The van der Waals surface area contributed by atoms with E-state index in [1.54, 1.807) is 0 Å². The molecule has 2 aliphatic heterocycles. The Morgan fingerprint density at radius 2 is 1.93 bits per heavy atom. The van der Waals surface area contributed by atoms with E-state index < -0.39 is 17.8 Å². The minimum absolute atomic E-state index is 0.0202. The number of likely N-dealkylation sites (tertiary alicyclic amines) is 1. The van der Waals surface area contributed by atoms with Crippen molar-refractivity contribution in [1.29, 1.82) is 0 Å².